The summed E-state index contributed by atoms with van der Waals surface area (Å²) < 4.78 is 51.3. The average molecular weight is 315 g/mol. The Morgan fingerprint density at radius 3 is 2.18 bits per heavy atom. The van der Waals surface area contributed by atoms with Gasteiger partial charge in [-0.3, -0.25) is 0 Å². The molecule has 0 fully saturated rings. The van der Waals surface area contributed by atoms with Gasteiger partial charge in [-0.25, -0.2) is 4.39 Å². The number of alkyl halides is 3. The monoisotopic (exact) mass is 314 g/mol. The molecule has 6 heteroatoms. The van der Waals surface area contributed by atoms with E-state index in [0.717, 1.165) is 6.07 Å². The number of hydrogen-bond donors (Lipinski definition) is 1. The van der Waals surface area contributed by atoms with Crippen molar-refractivity contribution in [2.75, 3.05) is 0 Å². The fourth-order valence-electron chi connectivity index (χ4n) is 1.39. The number of aliphatic hydroxyl groups excluding tert-OH is 1. The van der Waals surface area contributed by atoms with Gasteiger partial charge in [0.2, 0.25) is 0 Å². The van der Waals surface area contributed by atoms with Crippen LogP contribution in [-0.2, 0) is 6.18 Å². The summed E-state index contributed by atoms with van der Waals surface area (Å²) in [5.41, 5.74) is -1.72. The zero-order chi connectivity index (χ0) is 13.4. The van der Waals surface area contributed by atoms with Crippen molar-refractivity contribution < 1.29 is 22.7 Å². The third kappa shape index (κ3) is 2.98. The molecule has 1 atom stereocenters. The number of halogens is 5. The van der Waals surface area contributed by atoms with Crippen LogP contribution in [0.25, 0.3) is 0 Å². The Morgan fingerprint density at radius 2 is 1.76 bits per heavy atom. The fourth-order valence-corrected chi connectivity index (χ4v) is 1.93. The predicted octanol–water partition coefficient (Wildman–Crippen LogP) is 4.30. The molecule has 0 amide bonds. The van der Waals surface area contributed by atoms with E-state index in [1.165, 1.54) is 0 Å². The molecule has 1 rings (SSSR count). The first-order chi connectivity index (χ1) is 7.66. The largest absolute Gasteiger partial charge is 0.419 e. The molecule has 0 heterocycles. The topological polar surface area (TPSA) is 20.2 Å². The van der Waals surface area contributed by atoms with E-state index in [1.807, 2.05) is 0 Å². The van der Waals surface area contributed by atoms with E-state index in [0.29, 0.717) is 6.07 Å². The summed E-state index contributed by atoms with van der Waals surface area (Å²) in [6.45, 7) is 3.19. The van der Waals surface area contributed by atoms with Crippen LogP contribution in [0.3, 0.4) is 0 Å². The summed E-state index contributed by atoms with van der Waals surface area (Å²) in [5, 5.41) is 9.71. The quantitative estimate of drug-likeness (QED) is 0.807. The van der Waals surface area contributed by atoms with Gasteiger partial charge in [0.25, 0.3) is 0 Å². The van der Waals surface area contributed by atoms with Gasteiger partial charge >= 0.3 is 6.18 Å². The molecule has 0 aliphatic rings. The second kappa shape index (κ2) is 4.94. The van der Waals surface area contributed by atoms with E-state index in [9.17, 15) is 22.7 Å². The van der Waals surface area contributed by atoms with Crippen molar-refractivity contribution in [1.29, 1.82) is 0 Å². The van der Waals surface area contributed by atoms with Gasteiger partial charge < -0.3 is 5.11 Å². The Balaban J connectivity index is 3.40. The molecule has 17 heavy (non-hydrogen) atoms. The van der Waals surface area contributed by atoms with E-state index in [4.69, 9.17) is 0 Å². The summed E-state index contributed by atoms with van der Waals surface area (Å²) in [5.74, 6) is -1.81. The first kappa shape index (κ1) is 14.4. The normalized spacial score (nSPS) is 14.2. The molecular weight excluding hydrogens is 304 g/mol. The molecule has 1 aromatic carbocycles. The van der Waals surface area contributed by atoms with Crippen LogP contribution >= 0.6 is 15.9 Å². The van der Waals surface area contributed by atoms with Crippen molar-refractivity contribution in [3.8, 4) is 0 Å². The molecule has 96 valence electrons. The van der Waals surface area contributed by atoms with Crippen molar-refractivity contribution in [3.63, 3.8) is 0 Å². The van der Waals surface area contributed by atoms with Crippen molar-refractivity contribution in [2.24, 2.45) is 5.92 Å². The summed E-state index contributed by atoms with van der Waals surface area (Å²) in [4.78, 5) is 0. The third-order valence-electron chi connectivity index (χ3n) is 2.36. The zero-order valence-corrected chi connectivity index (χ0v) is 10.7. The molecule has 1 N–H and O–H groups in total. The Kier molecular flexibility index (Phi) is 4.19. The molecular formula is C11H11BrF4O. The highest BCUT2D eigenvalue weighted by Gasteiger charge is 2.36. The van der Waals surface area contributed by atoms with Crippen LogP contribution in [0.5, 0.6) is 0 Å². The Labute approximate surface area is 105 Å². The van der Waals surface area contributed by atoms with Crippen LogP contribution < -0.4 is 0 Å². The Hall–Kier alpha value is -0.620. The second-order valence-electron chi connectivity index (χ2n) is 4.01. The van der Waals surface area contributed by atoms with Crippen LogP contribution in [-0.4, -0.2) is 5.11 Å². The van der Waals surface area contributed by atoms with E-state index >= 15 is 0 Å². The van der Waals surface area contributed by atoms with E-state index < -0.39 is 23.7 Å². The summed E-state index contributed by atoms with van der Waals surface area (Å²) in [7, 11) is 0. The number of hydrogen-bond acceptors (Lipinski definition) is 1. The highest BCUT2D eigenvalue weighted by Crippen LogP contribution is 2.38. The first-order valence-corrected chi connectivity index (χ1v) is 5.68. The lowest BCUT2D eigenvalue weighted by Crippen LogP contribution is -2.14. The van der Waals surface area contributed by atoms with Crippen LogP contribution in [0.1, 0.15) is 31.1 Å². The van der Waals surface area contributed by atoms with Crippen molar-refractivity contribution in [2.45, 2.75) is 26.1 Å². The van der Waals surface area contributed by atoms with E-state index in [1.54, 1.807) is 13.8 Å². The highest BCUT2D eigenvalue weighted by molar-refractivity contribution is 9.10. The van der Waals surface area contributed by atoms with Crippen LogP contribution in [0, 0.1) is 11.7 Å². The molecule has 1 nitrogen and oxygen atoms in total. The van der Waals surface area contributed by atoms with Crippen molar-refractivity contribution >= 4 is 15.9 Å². The predicted molar refractivity (Wildman–Crippen MR) is 58.9 cm³/mol. The van der Waals surface area contributed by atoms with E-state index in [2.05, 4.69) is 15.9 Å². The Bertz CT molecular complexity index is 415. The van der Waals surface area contributed by atoms with Gasteiger partial charge in [0.15, 0.2) is 0 Å². The SMILES string of the molecule is CC(C)C(O)c1c(Br)ccc(C(F)(F)F)c1F. The van der Waals surface area contributed by atoms with Gasteiger partial charge in [0, 0.05) is 10.0 Å². The van der Waals surface area contributed by atoms with Crippen LogP contribution in [0.2, 0.25) is 0 Å². The molecule has 0 spiro atoms. The smallest absolute Gasteiger partial charge is 0.388 e. The summed E-state index contributed by atoms with van der Waals surface area (Å²) in [6.07, 6.45) is -6.05. The van der Waals surface area contributed by atoms with Gasteiger partial charge in [-0.15, -0.1) is 0 Å². The molecule has 0 saturated carbocycles. The molecule has 0 radical (unpaired) electrons. The maximum absolute atomic E-state index is 13.7. The zero-order valence-electron chi connectivity index (χ0n) is 9.15. The van der Waals surface area contributed by atoms with Gasteiger partial charge in [-0.1, -0.05) is 29.8 Å². The first-order valence-electron chi connectivity index (χ1n) is 4.89. The maximum Gasteiger partial charge on any atom is 0.419 e. The van der Waals surface area contributed by atoms with Gasteiger partial charge in [-0.2, -0.15) is 13.2 Å². The third-order valence-corrected chi connectivity index (χ3v) is 3.05. The minimum atomic E-state index is -4.77. The molecule has 0 bridgehead atoms. The van der Waals surface area contributed by atoms with Crippen molar-refractivity contribution in [1.82, 2.24) is 0 Å². The summed E-state index contributed by atoms with van der Waals surface area (Å²) in [6, 6.07) is 1.74. The Morgan fingerprint density at radius 1 is 1.24 bits per heavy atom. The molecule has 0 aromatic heterocycles. The minimum absolute atomic E-state index is 0.129. The molecule has 0 saturated heterocycles. The fraction of sp³-hybridized carbons (Fsp3) is 0.455. The van der Waals surface area contributed by atoms with Crippen LogP contribution in [0.15, 0.2) is 16.6 Å². The standard InChI is InChI=1S/C11H11BrF4O/c1-5(2)10(17)8-7(12)4-3-6(9(8)13)11(14,15)16/h3-5,10,17H,1-2H3. The minimum Gasteiger partial charge on any atom is -0.388 e. The second-order valence-corrected chi connectivity index (χ2v) is 4.86. The van der Waals surface area contributed by atoms with E-state index in [-0.39, 0.29) is 16.0 Å². The lowest BCUT2D eigenvalue weighted by molar-refractivity contribution is -0.140. The molecule has 0 aliphatic heterocycles. The van der Waals surface area contributed by atoms with Gasteiger partial charge in [0.05, 0.1) is 11.7 Å². The average Bonchev–Trinajstić information content (AvgIpc) is 2.14. The van der Waals surface area contributed by atoms with Gasteiger partial charge in [0.1, 0.15) is 5.82 Å². The number of aliphatic hydroxyl groups is 1. The van der Waals surface area contributed by atoms with Crippen molar-refractivity contribution in [3.05, 3.63) is 33.5 Å². The number of rotatable bonds is 2. The molecule has 0 aliphatic carbocycles. The lowest BCUT2D eigenvalue weighted by Gasteiger charge is -2.19. The number of benzene rings is 1. The summed E-state index contributed by atoms with van der Waals surface area (Å²) >= 11 is 2.95. The molecule has 1 aromatic rings. The maximum atomic E-state index is 13.7. The molecule has 1 unspecified atom stereocenters. The van der Waals surface area contributed by atoms with Gasteiger partial charge in [-0.05, 0) is 18.1 Å². The highest BCUT2D eigenvalue weighted by atomic mass is 79.9. The van der Waals surface area contributed by atoms with Crippen LogP contribution in [0.4, 0.5) is 17.6 Å². The lowest BCUT2D eigenvalue weighted by atomic mass is 9.96.